The second kappa shape index (κ2) is 9.18. The van der Waals surface area contributed by atoms with Crippen molar-refractivity contribution in [1.29, 1.82) is 0 Å². The van der Waals surface area contributed by atoms with Crippen molar-refractivity contribution in [1.82, 2.24) is 10.6 Å². The van der Waals surface area contributed by atoms with Gasteiger partial charge in [-0.05, 0) is 73.3 Å². The number of carbonyl (C=O) groups excluding carboxylic acids is 1. The Kier molecular flexibility index (Phi) is 6.20. The van der Waals surface area contributed by atoms with Crippen molar-refractivity contribution in [2.24, 2.45) is 5.92 Å². The number of methoxy groups -OCH3 is 1. The van der Waals surface area contributed by atoms with Crippen LogP contribution in [0.2, 0.25) is 0 Å². The zero-order valence-corrected chi connectivity index (χ0v) is 16.8. The topological polar surface area (TPSA) is 68.8 Å². The maximum atomic E-state index is 12.7. The highest BCUT2D eigenvalue weighted by atomic mass is 16.5. The summed E-state index contributed by atoms with van der Waals surface area (Å²) in [6, 6.07) is 11.5. The average molecular weight is 396 g/mol. The molecule has 6 heteroatoms. The molecule has 2 aromatic carbocycles. The van der Waals surface area contributed by atoms with E-state index in [9.17, 15) is 4.79 Å². The lowest BCUT2D eigenvalue weighted by molar-refractivity contribution is 0.0950. The Bertz CT molecular complexity index is 862. The Balaban J connectivity index is 1.42. The predicted molar refractivity (Wildman–Crippen MR) is 111 cm³/mol. The van der Waals surface area contributed by atoms with E-state index in [4.69, 9.17) is 14.2 Å². The van der Waals surface area contributed by atoms with Crippen LogP contribution in [0.15, 0.2) is 36.4 Å². The molecule has 0 aliphatic carbocycles. The monoisotopic (exact) mass is 396 g/mol. The second-order valence-electron chi connectivity index (χ2n) is 7.60. The summed E-state index contributed by atoms with van der Waals surface area (Å²) >= 11 is 0. The molecule has 29 heavy (non-hydrogen) atoms. The van der Waals surface area contributed by atoms with Crippen LogP contribution < -0.4 is 24.8 Å². The molecule has 1 fully saturated rings. The summed E-state index contributed by atoms with van der Waals surface area (Å²) in [7, 11) is 1.68. The highest BCUT2D eigenvalue weighted by Gasteiger charge is 2.18. The van der Waals surface area contributed by atoms with Crippen LogP contribution in [0, 0.1) is 5.92 Å². The van der Waals surface area contributed by atoms with Crippen LogP contribution in [-0.2, 0) is 13.0 Å². The number of carbonyl (C=O) groups is 1. The van der Waals surface area contributed by atoms with Gasteiger partial charge >= 0.3 is 0 Å². The Morgan fingerprint density at radius 1 is 1.17 bits per heavy atom. The van der Waals surface area contributed by atoms with Gasteiger partial charge in [0.2, 0.25) is 0 Å². The number of nitrogens with one attached hydrogen (secondary N) is 2. The Morgan fingerprint density at radius 3 is 2.83 bits per heavy atom. The molecule has 2 heterocycles. The third-order valence-electron chi connectivity index (χ3n) is 5.48. The van der Waals surface area contributed by atoms with Gasteiger partial charge in [-0.2, -0.15) is 0 Å². The van der Waals surface area contributed by atoms with Gasteiger partial charge < -0.3 is 24.8 Å². The molecule has 2 N–H and O–H groups in total. The molecular formula is C23H28N2O4. The van der Waals surface area contributed by atoms with E-state index in [1.807, 2.05) is 36.4 Å². The minimum Gasteiger partial charge on any atom is -0.496 e. The summed E-state index contributed by atoms with van der Waals surface area (Å²) in [5.74, 6) is 2.84. The van der Waals surface area contributed by atoms with Gasteiger partial charge in [0.25, 0.3) is 5.91 Å². The lowest BCUT2D eigenvalue weighted by atomic mass is 9.96. The van der Waals surface area contributed by atoms with E-state index in [-0.39, 0.29) is 5.91 Å². The van der Waals surface area contributed by atoms with Gasteiger partial charge in [0.15, 0.2) is 11.5 Å². The van der Waals surface area contributed by atoms with Crippen LogP contribution in [0.5, 0.6) is 17.2 Å². The van der Waals surface area contributed by atoms with Gasteiger partial charge in [-0.3, -0.25) is 4.79 Å². The van der Waals surface area contributed by atoms with Crippen molar-refractivity contribution >= 4 is 5.91 Å². The number of ether oxygens (including phenoxy) is 3. The number of rotatable bonds is 6. The maximum absolute atomic E-state index is 12.7. The van der Waals surface area contributed by atoms with Crippen molar-refractivity contribution in [3.05, 3.63) is 53.1 Å². The molecule has 154 valence electrons. The van der Waals surface area contributed by atoms with Gasteiger partial charge in [0, 0.05) is 18.5 Å². The molecule has 0 saturated carbocycles. The van der Waals surface area contributed by atoms with E-state index in [1.165, 1.54) is 0 Å². The van der Waals surface area contributed by atoms with E-state index in [0.29, 0.717) is 31.2 Å². The third kappa shape index (κ3) is 4.82. The van der Waals surface area contributed by atoms with Crippen LogP contribution in [-0.4, -0.2) is 39.3 Å². The van der Waals surface area contributed by atoms with Crippen LogP contribution in [0.1, 0.15) is 34.3 Å². The van der Waals surface area contributed by atoms with Crippen LogP contribution in [0.3, 0.4) is 0 Å². The van der Waals surface area contributed by atoms with Crippen molar-refractivity contribution < 1.29 is 19.0 Å². The third-order valence-corrected chi connectivity index (χ3v) is 5.48. The summed E-state index contributed by atoms with van der Waals surface area (Å²) in [4.78, 5) is 12.7. The molecular weight excluding hydrogens is 368 g/mol. The number of amides is 1. The first-order valence-electron chi connectivity index (χ1n) is 10.3. The summed E-state index contributed by atoms with van der Waals surface area (Å²) in [6.07, 6.45) is 2.95. The number of fused-ring (bicyclic) bond motifs is 1. The smallest absolute Gasteiger partial charge is 0.251 e. The fourth-order valence-electron chi connectivity index (χ4n) is 3.88. The number of benzene rings is 2. The molecule has 1 unspecified atom stereocenters. The fourth-order valence-corrected chi connectivity index (χ4v) is 3.88. The normalized spacial score (nSPS) is 18.2. The van der Waals surface area contributed by atoms with E-state index < -0.39 is 0 Å². The Labute approximate surface area is 171 Å². The molecule has 6 nitrogen and oxygen atoms in total. The standard InChI is InChI=1S/C23H28N2O4/c1-27-20-6-4-18(13-19(20)11-17-7-8-24-14-17)23(26)25-15-16-3-5-21-22(12-16)29-10-2-9-28-21/h3-6,12-13,17,24H,2,7-11,14-15H2,1H3,(H,25,26). The molecule has 2 aliphatic heterocycles. The summed E-state index contributed by atoms with van der Waals surface area (Å²) in [6.45, 7) is 3.82. The summed E-state index contributed by atoms with van der Waals surface area (Å²) < 4.78 is 16.9. The molecule has 0 aromatic heterocycles. The quantitative estimate of drug-likeness (QED) is 0.786. The van der Waals surface area contributed by atoms with Crippen molar-refractivity contribution in [3.8, 4) is 17.2 Å². The van der Waals surface area contributed by atoms with Crippen LogP contribution in [0.4, 0.5) is 0 Å². The Morgan fingerprint density at radius 2 is 2.03 bits per heavy atom. The minimum absolute atomic E-state index is 0.0921. The second-order valence-corrected chi connectivity index (χ2v) is 7.60. The SMILES string of the molecule is COc1ccc(C(=O)NCc2ccc3c(c2)OCCCO3)cc1CC1CCNC1. The van der Waals surface area contributed by atoms with Crippen molar-refractivity contribution in [2.75, 3.05) is 33.4 Å². The van der Waals surface area contributed by atoms with Crippen molar-refractivity contribution in [2.45, 2.75) is 25.8 Å². The first-order valence-corrected chi connectivity index (χ1v) is 10.3. The predicted octanol–water partition coefficient (Wildman–Crippen LogP) is 2.94. The molecule has 1 atom stereocenters. The van der Waals surface area contributed by atoms with E-state index in [0.717, 1.165) is 60.7 Å². The zero-order chi connectivity index (χ0) is 20.1. The highest BCUT2D eigenvalue weighted by molar-refractivity contribution is 5.94. The molecule has 1 amide bonds. The average Bonchev–Trinajstić information content (AvgIpc) is 3.14. The first-order chi connectivity index (χ1) is 14.2. The zero-order valence-electron chi connectivity index (χ0n) is 16.8. The lowest BCUT2D eigenvalue weighted by Gasteiger charge is -2.14. The Hall–Kier alpha value is -2.73. The van der Waals surface area contributed by atoms with Crippen molar-refractivity contribution in [3.63, 3.8) is 0 Å². The lowest BCUT2D eigenvalue weighted by Crippen LogP contribution is -2.23. The minimum atomic E-state index is -0.0921. The first kappa shape index (κ1) is 19.6. The van der Waals surface area contributed by atoms with E-state index in [2.05, 4.69) is 10.6 Å². The van der Waals surface area contributed by atoms with Gasteiger partial charge in [0.05, 0.1) is 20.3 Å². The molecule has 2 aromatic rings. The number of hydrogen-bond donors (Lipinski definition) is 2. The van der Waals surface area contributed by atoms with Gasteiger partial charge in [-0.1, -0.05) is 6.07 Å². The largest absolute Gasteiger partial charge is 0.496 e. The molecule has 2 aliphatic rings. The fraction of sp³-hybridized carbons (Fsp3) is 0.435. The van der Waals surface area contributed by atoms with E-state index >= 15 is 0 Å². The van der Waals surface area contributed by atoms with Gasteiger partial charge in [-0.15, -0.1) is 0 Å². The van der Waals surface area contributed by atoms with E-state index in [1.54, 1.807) is 7.11 Å². The van der Waals surface area contributed by atoms with Crippen LogP contribution >= 0.6 is 0 Å². The molecule has 0 radical (unpaired) electrons. The summed E-state index contributed by atoms with van der Waals surface area (Å²) in [5.41, 5.74) is 2.72. The molecule has 0 bridgehead atoms. The van der Waals surface area contributed by atoms with Gasteiger partial charge in [0.1, 0.15) is 5.75 Å². The molecule has 4 rings (SSSR count). The van der Waals surface area contributed by atoms with Gasteiger partial charge in [-0.25, -0.2) is 0 Å². The highest BCUT2D eigenvalue weighted by Crippen LogP contribution is 2.30. The summed E-state index contributed by atoms with van der Waals surface area (Å²) in [5, 5.41) is 6.40. The number of hydrogen-bond acceptors (Lipinski definition) is 5. The maximum Gasteiger partial charge on any atom is 0.251 e. The molecule has 0 spiro atoms. The molecule has 1 saturated heterocycles. The van der Waals surface area contributed by atoms with Crippen LogP contribution in [0.25, 0.3) is 0 Å².